The summed E-state index contributed by atoms with van der Waals surface area (Å²) >= 11 is 0. The lowest BCUT2D eigenvalue weighted by molar-refractivity contribution is -0.137. The van der Waals surface area contributed by atoms with Crippen molar-refractivity contribution in [2.24, 2.45) is 5.92 Å². The van der Waals surface area contributed by atoms with Crippen LogP contribution in [0.4, 0.5) is 18.9 Å². The Bertz CT molecular complexity index is 673. The quantitative estimate of drug-likeness (QED) is 0.840. The molecule has 1 aromatic carbocycles. The number of nitrogens with one attached hydrogen (secondary N) is 1. The van der Waals surface area contributed by atoms with Crippen LogP contribution in [0.25, 0.3) is 0 Å². The summed E-state index contributed by atoms with van der Waals surface area (Å²) in [5.74, 6) is -0.919. The van der Waals surface area contributed by atoms with E-state index in [-0.39, 0.29) is 23.9 Å². The van der Waals surface area contributed by atoms with E-state index < -0.39 is 17.7 Å². The molecule has 0 saturated carbocycles. The molecule has 2 saturated heterocycles. The number of amides is 2. The van der Waals surface area contributed by atoms with E-state index in [4.69, 9.17) is 4.74 Å². The summed E-state index contributed by atoms with van der Waals surface area (Å²) in [6, 6.07) is 4.27. The zero-order valence-corrected chi connectivity index (χ0v) is 14.8. The number of nitrogens with zero attached hydrogens (tertiary/aromatic N) is 2. The third-order valence-corrected chi connectivity index (χ3v) is 4.85. The number of likely N-dealkylation sites (tertiary alicyclic amines) is 1. The zero-order chi connectivity index (χ0) is 19.4. The van der Waals surface area contributed by atoms with Gasteiger partial charge in [-0.3, -0.25) is 14.5 Å². The second-order valence-electron chi connectivity index (χ2n) is 6.76. The SMILES string of the molecule is O=C(Nc1ccc(C(F)(F)F)cc1)C1CC(=O)N(CCN2CCOCC2)C1. The van der Waals surface area contributed by atoms with E-state index in [9.17, 15) is 22.8 Å². The highest BCUT2D eigenvalue weighted by molar-refractivity contribution is 5.97. The lowest BCUT2D eigenvalue weighted by atomic mass is 10.1. The number of hydrogen-bond acceptors (Lipinski definition) is 4. The van der Waals surface area contributed by atoms with Crippen LogP contribution < -0.4 is 5.32 Å². The van der Waals surface area contributed by atoms with Crippen molar-refractivity contribution in [2.45, 2.75) is 12.6 Å². The maximum Gasteiger partial charge on any atom is 0.416 e. The van der Waals surface area contributed by atoms with Gasteiger partial charge in [-0.05, 0) is 24.3 Å². The Hall–Kier alpha value is -2.13. The topological polar surface area (TPSA) is 61.9 Å². The van der Waals surface area contributed by atoms with E-state index in [2.05, 4.69) is 10.2 Å². The molecule has 6 nitrogen and oxygen atoms in total. The van der Waals surface area contributed by atoms with Gasteiger partial charge in [0.2, 0.25) is 11.8 Å². The van der Waals surface area contributed by atoms with Crippen LogP contribution in [-0.4, -0.2) is 67.6 Å². The first kappa shape index (κ1) is 19.6. The fourth-order valence-electron chi connectivity index (χ4n) is 3.24. The molecule has 0 radical (unpaired) electrons. The molecule has 2 fully saturated rings. The van der Waals surface area contributed by atoms with E-state index in [1.54, 1.807) is 4.90 Å². The van der Waals surface area contributed by atoms with E-state index in [1.165, 1.54) is 12.1 Å². The molecule has 1 atom stereocenters. The van der Waals surface area contributed by atoms with Crippen LogP contribution >= 0.6 is 0 Å². The number of morpholine rings is 1. The maximum absolute atomic E-state index is 12.6. The van der Waals surface area contributed by atoms with Gasteiger partial charge in [0.1, 0.15) is 0 Å². The summed E-state index contributed by atoms with van der Waals surface area (Å²) in [7, 11) is 0. The van der Waals surface area contributed by atoms with Crippen molar-refractivity contribution in [1.82, 2.24) is 9.80 Å². The summed E-state index contributed by atoms with van der Waals surface area (Å²) in [5.41, 5.74) is -0.488. The number of halogens is 3. The van der Waals surface area contributed by atoms with Gasteiger partial charge < -0.3 is 15.0 Å². The van der Waals surface area contributed by atoms with Crippen molar-refractivity contribution in [2.75, 3.05) is 51.3 Å². The normalized spacial score (nSPS) is 21.5. The Morgan fingerprint density at radius 2 is 1.81 bits per heavy atom. The van der Waals surface area contributed by atoms with E-state index in [1.807, 2.05) is 0 Å². The minimum absolute atomic E-state index is 0.0733. The summed E-state index contributed by atoms with van der Waals surface area (Å²) in [6.07, 6.45) is -4.29. The molecule has 148 valence electrons. The summed E-state index contributed by atoms with van der Waals surface area (Å²) in [4.78, 5) is 28.4. The van der Waals surface area contributed by atoms with Gasteiger partial charge in [-0.25, -0.2) is 0 Å². The van der Waals surface area contributed by atoms with E-state index in [0.29, 0.717) is 26.3 Å². The predicted molar refractivity (Wildman–Crippen MR) is 92.0 cm³/mol. The lowest BCUT2D eigenvalue weighted by Crippen LogP contribution is -2.42. The van der Waals surface area contributed by atoms with Gasteiger partial charge in [0.05, 0.1) is 24.7 Å². The minimum Gasteiger partial charge on any atom is -0.379 e. The van der Waals surface area contributed by atoms with Crippen molar-refractivity contribution >= 4 is 17.5 Å². The molecule has 2 heterocycles. The van der Waals surface area contributed by atoms with Gasteiger partial charge in [-0.2, -0.15) is 13.2 Å². The maximum atomic E-state index is 12.6. The fraction of sp³-hybridized carbons (Fsp3) is 0.556. The second kappa shape index (κ2) is 8.26. The Kier molecular flexibility index (Phi) is 6.01. The second-order valence-corrected chi connectivity index (χ2v) is 6.76. The molecule has 27 heavy (non-hydrogen) atoms. The lowest BCUT2D eigenvalue weighted by Gasteiger charge is -2.28. The van der Waals surface area contributed by atoms with Crippen LogP contribution in [0.1, 0.15) is 12.0 Å². The first-order chi connectivity index (χ1) is 12.8. The van der Waals surface area contributed by atoms with Gasteiger partial charge in [0.15, 0.2) is 0 Å². The molecule has 2 aliphatic rings. The summed E-state index contributed by atoms with van der Waals surface area (Å²) in [5, 5.41) is 2.60. The molecule has 3 rings (SSSR count). The van der Waals surface area contributed by atoms with Gasteiger partial charge in [0.25, 0.3) is 0 Å². The molecule has 0 spiro atoms. The number of alkyl halides is 3. The predicted octanol–water partition coefficient (Wildman–Crippen LogP) is 1.82. The van der Waals surface area contributed by atoms with Gasteiger partial charge >= 0.3 is 6.18 Å². The van der Waals surface area contributed by atoms with Crippen molar-refractivity contribution in [1.29, 1.82) is 0 Å². The van der Waals surface area contributed by atoms with Crippen molar-refractivity contribution < 1.29 is 27.5 Å². The number of rotatable bonds is 5. The number of anilines is 1. The molecule has 2 aliphatic heterocycles. The number of carbonyl (C=O) groups excluding carboxylic acids is 2. The van der Waals surface area contributed by atoms with Gasteiger partial charge in [-0.1, -0.05) is 0 Å². The number of hydrogen-bond donors (Lipinski definition) is 1. The van der Waals surface area contributed by atoms with Crippen molar-refractivity contribution in [3.63, 3.8) is 0 Å². The average Bonchev–Trinajstić information content (AvgIpc) is 3.01. The van der Waals surface area contributed by atoms with Gasteiger partial charge in [0, 0.05) is 44.8 Å². The highest BCUT2D eigenvalue weighted by atomic mass is 19.4. The molecule has 0 bridgehead atoms. The Morgan fingerprint density at radius 1 is 1.15 bits per heavy atom. The van der Waals surface area contributed by atoms with Crippen LogP contribution in [-0.2, 0) is 20.5 Å². The highest BCUT2D eigenvalue weighted by Gasteiger charge is 2.34. The number of ether oxygens (including phenoxy) is 1. The van der Waals surface area contributed by atoms with Crippen LogP contribution in [0.15, 0.2) is 24.3 Å². The first-order valence-electron chi connectivity index (χ1n) is 8.89. The summed E-state index contributed by atoms with van der Waals surface area (Å²) in [6.45, 7) is 4.67. The molecule has 1 unspecified atom stereocenters. The van der Waals surface area contributed by atoms with Crippen LogP contribution in [0, 0.1) is 5.92 Å². The monoisotopic (exact) mass is 385 g/mol. The van der Waals surface area contributed by atoms with Crippen LogP contribution in [0.3, 0.4) is 0 Å². The van der Waals surface area contributed by atoms with Crippen molar-refractivity contribution in [3.8, 4) is 0 Å². The third kappa shape index (κ3) is 5.20. The van der Waals surface area contributed by atoms with E-state index >= 15 is 0 Å². The summed E-state index contributed by atoms with van der Waals surface area (Å²) < 4.78 is 43.0. The Balaban J connectivity index is 1.49. The molecular weight excluding hydrogens is 363 g/mol. The molecule has 9 heteroatoms. The molecular formula is C18H22F3N3O3. The molecule has 0 aromatic heterocycles. The third-order valence-electron chi connectivity index (χ3n) is 4.85. The average molecular weight is 385 g/mol. The largest absolute Gasteiger partial charge is 0.416 e. The molecule has 0 aliphatic carbocycles. The van der Waals surface area contributed by atoms with Crippen LogP contribution in [0.5, 0.6) is 0 Å². The molecule has 1 aromatic rings. The standard InChI is InChI=1S/C18H22F3N3O3/c19-18(20,21)14-1-3-15(4-2-14)22-17(26)13-11-16(25)24(12-13)6-5-23-7-9-27-10-8-23/h1-4,13H,5-12H2,(H,22,26). The Labute approximate surface area is 155 Å². The smallest absolute Gasteiger partial charge is 0.379 e. The highest BCUT2D eigenvalue weighted by Crippen LogP contribution is 2.30. The fourth-order valence-corrected chi connectivity index (χ4v) is 3.24. The first-order valence-corrected chi connectivity index (χ1v) is 8.89. The van der Waals surface area contributed by atoms with Crippen molar-refractivity contribution in [3.05, 3.63) is 29.8 Å². The number of carbonyl (C=O) groups is 2. The van der Waals surface area contributed by atoms with E-state index in [0.717, 1.165) is 31.8 Å². The Morgan fingerprint density at radius 3 is 2.44 bits per heavy atom. The van der Waals surface area contributed by atoms with Crippen LogP contribution in [0.2, 0.25) is 0 Å². The minimum atomic E-state index is -4.42. The zero-order valence-electron chi connectivity index (χ0n) is 14.8. The molecule has 2 amide bonds. The van der Waals surface area contributed by atoms with Gasteiger partial charge in [-0.15, -0.1) is 0 Å². The number of benzene rings is 1. The molecule has 1 N–H and O–H groups in total.